The number of nitrogens with two attached hydrogens (primary N) is 1. The van der Waals surface area contributed by atoms with E-state index >= 15 is 0 Å². The summed E-state index contributed by atoms with van der Waals surface area (Å²) in [5, 5.41) is 1.18. The Hall–Kier alpha value is -1.65. The summed E-state index contributed by atoms with van der Waals surface area (Å²) in [5.41, 5.74) is 4.95. The maximum atomic E-state index is 5.68. The number of benzene rings is 1. The fraction of sp³-hybridized carbons (Fsp3) is 0.471. The van der Waals surface area contributed by atoms with E-state index in [2.05, 4.69) is 40.4 Å². The number of unbranched alkanes of at least 4 members (excludes halogenated alkanes) is 1. The lowest BCUT2D eigenvalue weighted by Crippen LogP contribution is -2.27. The van der Waals surface area contributed by atoms with E-state index in [0.29, 0.717) is 0 Å². The number of anilines is 1. The number of aromatic nitrogens is 1. The molecule has 1 aliphatic carbocycles. The normalized spacial score (nSPS) is 14.8. The zero-order chi connectivity index (χ0) is 14.7. The molecule has 0 atom stereocenters. The van der Waals surface area contributed by atoms with Gasteiger partial charge in [0.15, 0.2) is 0 Å². The van der Waals surface area contributed by atoms with Crippen LogP contribution in [0.2, 0.25) is 0 Å². The summed E-state index contributed by atoms with van der Waals surface area (Å²) in [7, 11) is 0. The van der Waals surface area contributed by atoms with Crippen LogP contribution in [0.15, 0.2) is 30.3 Å². The number of nitrogens with one attached hydrogen (secondary N) is 1. The average Bonchev–Trinajstić information content (AvgIpc) is 3.35. The Bertz CT molecular complexity index is 607. The maximum absolute atomic E-state index is 5.68. The van der Waals surface area contributed by atoms with E-state index in [-0.39, 0.29) is 0 Å². The van der Waals surface area contributed by atoms with Crippen molar-refractivity contribution in [3.63, 3.8) is 0 Å². The highest BCUT2D eigenvalue weighted by Crippen LogP contribution is 2.30. The molecule has 1 saturated carbocycles. The third-order valence-corrected chi connectivity index (χ3v) is 4.18. The predicted molar refractivity (Wildman–Crippen MR) is 87.9 cm³/mol. The van der Waals surface area contributed by atoms with Crippen molar-refractivity contribution in [2.45, 2.75) is 45.2 Å². The second kappa shape index (κ2) is 6.41. The van der Waals surface area contributed by atoms with Crippen molar-refractivity contribution in [2.75, 3.05) is 12.0 Å². The minimum Gasteiger partial charge on any atom is -0.308 e. The van der Waals surface area contributed by atoms with Crippen molar-refractivity contribution < 1.29 is 0 Å². The van der Waals surface area contributed by atoms with Crippen LogP contribution in [-0.4, -0.2) is 22.5 Å². The highest BCUT2D eigenvalue weighted by molar-refractivity contribution is 5.81. The van der Waals surface area contributed by atoms with Gasteiger partial charge in [-0.15, -0.1) is 0 Å². The first-order valence-electron chi connectivity index (χ1n) is 7.91. The summed E-state index contributed by atoms with van der Waals surface area (Å²) in [6.07, 6.45) is 5.15. The summed E-state index contributed by atoms with van der Waals surface area (Å²) < 4.78 is 0. The Morgan fingerprint density at radius 1 is 1.33 bits per heavy atom. The van der Waals surface area contributed by atoms with E-state index in [1.807, 2.05) is 12.1 Å². The number of fused-ring (bicyclic) bond motifs is 1. The van der Waals surface area contributed by atoms with E-state index in [1.54, 1.807) is 0 Å². The zero-order valence-electron chi connectivity index (χ0n) is 12.7. The van der Waals surface area contributed by atoms with E-state index in [4.69, 9.17) is 5.84 Å². The molecular formula is C17H24N4. The molecule has 3 N–H and O–H groups in total. The number of para-hydroxylation sites is 1. The first-order valence-corrected chi connectivity index (χ1v) is 7.91. The van der Waals surface area contributed by atoms with Gasteiger partial charge in [0.05, 0.1) is 5.52 Å². The molecule has 1 aliphatic rings. The van der Waals surface area contributed by atoms with Gasteiger partial charge in [-0.25, -0.2) is 10.8 Å². The van der Waals surface area contributed by atoms with Crippen LogP contribution in [0.4, 0.5) is 5.82 Å². The minimum absolute atomic E-state index is 0.758. The molecule has 1 fully saturated rings. The SMILES string of the molecule is CCCCN(Cc1cc2ccccc2nc1NN)C1CC1. The Kier molecular flexibility index (Phi) is 4.36. The number of rotatable bonds is 7. The molecular weight excluding hydrogens is 260 g/mol. The number of hydrazine groups is 1. The molecule has 0 amide bonds. The standard InChI is InChI=1S/C17H24N4/c1-2-3-10-21(15-8-9-15)12-14-11-13-6-4-5-7-16(13)19-17(14)20-18/h4-7,11,15H,2-3,8-10,12,18H2,1H3,(H,19,20). The van der Waals surface area contributed by atoms with E-state index in [0.717, 1.165) is 30.5 Å². The Labute approximate surface area is 126 Å². The molecule has 4 nitrogen and oxygen atoms in total. The molecule has 0 radical (unpaired) electrons. The average molecular weight is 284 g/mol. The molecule has 112 valence electrons. The molecule has 4 heteroatoms. The van der Waals surface area contributed by atoms with Gasteiger partial charge in [0.2, 0.25) is 0 Å². The van der Waals surface area contributed by atoms with Gasteiger partial charge in [0.1, 0.15) is 5.82 Å². The highest BCUT2D eigenvalue weighted by atomic mass is 15.3. The summed E-state index contributed by atoms with van der Waals surface area (Å²) in [4.78, 5) is 7.22. The van der Waals surface area contributed by atoms with Crippen molar-refractivity contribution in [3.05, 3.63) is 35.9 Å². The molecule has 0 bridgehead atoms. The number of hydrogen-bond acceptors (Lipinski definition) is 4. The molecule has 1 aromatic heterocycles. The molecule has 1 heterocycles. The minimum atomic E-state index is 0.758. The Morgan fingerprint density at radius 2 is 2.14 bits per heavy atom. The zero-order valence-corrected chi connectivity index (χ0v) is 12.7. The summed E-state index contributed by atoms with van der Waals surface area (Å²) in [6.45, 7) is 4.34. The van der Waals surface area contributed by atoms with Crippen LogP contribution in [0.5, 0.6) is 0 Å². The lowest BCUT2D eigenvalue weighted by atomic mass is 10.1. The quantitative estimate of drug-likeness (QED) is 0.605. The summed E-state index contributed by atoms with van der Waals surface area (Å²) in [6, 6.07) is 11.2. The maximum Gasteiger partial charge on any atom is 0.145 e. The van der Waals surface area contributed by atoms with E-state index < -0.39 is 0 Å². The Balaban J connectivity index is 1.86. The van der Waals surface area contributed by atoms with Crippen molar-refractivity contribution in [1.82, 2.24) is 9.88 Å². The second-order valence-electron chi connectivity index (χ2n) is 5.89. The van der Waals surface area contributed by atoms with Crippen LogP contribution in [0.25, 0.3) is 10.9 Å². The highest BCUT2D eigenvalue weighted by Gasteiger charge is 2.29. The van der Waals surface area contributed by atoms with Crippen molar-refractivity contribution >= 4 is 16.7 Å². The van der Waals surface area contributed by atoms with Crippen LogP contribution in [-0.2, 0) is 6.54 Å². The summed E-state index contributed by atoms with van der Waals surface area (Å²) >= 11 is 0. The van der Waals surface area contributed by atoms with Crippen molar-refractivity contribution in [2.24, 2.45) is 5.84 Å². The fourth-order valence-corrected chi connectivity index (χ4v) is 2.82. The van der Waals surface area contributed by atoms with Gasteiger partial charge >= 0.3 is 0 Å². The van der Waals surface area contributed by atoms with Gasteiger partial charge in [-0.05, 0) is 37.9 Å². The second-order valence-corrected chi connectivity index (χ2v) is 5.89. The molecule has 0 spiro atoms. The van der Waals surface area contributed by atoms with Gasteiger partial charge in [0.25, 0.3) is 0 Å². The first kappa shape index (κ1) is 14.3. The smallest absolute Gasteiger partial charge is 0.145 e. The monoisotopic (exact) mass is 284 g/mol. The predicted octanol–water partition coefficient (Wildman–Crippen LogP) is 3.28. The van der Waals surface area contributed by atoms with Crippen LogP contribution in [0, 0.1) is 0 Å². The molecule has 3 rings (SSSR count). The number of pyridine rings is 1. The fourth-order valence-electron chi connectivity index (χ4n) is 2.82. The molecule has 1 aromatic carbocycles. The lowest BCUT2D eigenvalue weighted by molar-refractivity contribution is 0.251. The van der Waals surface area contributed by atoms with E-state index in [9.17, 15) is 0 Å². The van der Waals surface area contributed by atoms with Crippen LogP contribution in [0.3, 0.4) is 0 Å². The molecule has 2 aromatic rings. The topological polar surface area (TPSA) is 54.2 Å². The van der Waals surface area contributed by atoms with Crippen LogP contribution < -0.4 is 11.3 Å². The van der Waals surface area contributed by atoms with E-state index in [1.165, 1.54) is 36.6 Å². The van der Waals surface area contributed by atoms with Crippen molar-refractivity contribution in [3.8, 4) is 0 Å². The Morgan fingerprint density at radius 3 is 2.86 bits per heavy atom. The van der Waals surface area contributed by atoms with Gasteiger partial charge in [-0.2, -0.15) is 0 Å². The molecule has 0 saturated heterocycles. The third-order valence-electron chi connectivity index (χ3n) is 4.18. The van der Waals surface area contributed by atoms with Gasteiger partial charge in [0, 0.05) is 23.5 Å². The van der Waals surface area contributed by atoms with Crippen LogP contribution in [0.1, 0.15) is 38.2 Å². The molecule has 0 unspecified atom stereocenters. The number of hydrogen-bond donors (Lipinski definition) is 2. The van der Waals surface area contributed by atoms with Crippen LogP contribution >= 0.6 is 0 Å². The lowest BCUT2D eigenvalue weighted by Gasteiger charge is -2.23. The number of nitrogens with zero attached hydrogens (tertiary/aromatic N) is 2. The van der Waals surface area contributed by atoms with Gasteiger partial charge in [-0.3, -0.25) is 4.90 Å². The largest absolute Gasteiger partial charge is 0.308 e. The van der Waals surface area contributed by atoms with Crippen molar-refractivity contribution in [1.29, 1.82) is 0 Å². The number of nitrogen functional groups attached to an aromatic ring is 1. The third kappa shape index (κ3) is 3.34. The van der Waals surface area contributed by atoms with Gasteiger partial charge in [-0.1, -0.05) is 31.5 Å². The molecule has 0 aliphatic heterocycles. The summed E-state index contributed by atoms with van der Waals surface area (Å²) in [5.74, 6) is 6.48. The van der Waals surface area contributed by atoms with Gasteiger partial charge < -0.3 is 5.43 Å². The molecule has 21 heavy (non-hydrogen) atoms. The first-order chi connectivity index (χ1) is 10.3.